The van der Waals surface area contributed by atoms with Gasteiger partial charge in [-0.15, -0.1) is 11.6 Å². The van der Waals surface area contributed by atoms with E-state index in [2.05, 4.69) is 5.32 Å². The van der Waals surface area contributed by atoms with E-state index in [4.69, 9.17) is 11.6 Å². The minimum atomic E-state index is -1.58. The van der Waals surface area contributed by atoms with Crippen molar-refractivity contribution in [2.45, 2.75) is 26.7 Å². The fraction of sp³-hybridized carbons (Fsp3) is 0.500. The summed E-state index contributed by atoms with van der Waals surface area (Å²) in [7, 11) is 0. The van der Waals surface area contributed by atoms with Crippen LogP contribution in [0.25, 0.3) is 0 Å². The highest BCUT2D eigenvalue weighted by Crippen LogP contribution is 2.27. The van der Waals surface area contributed by atoms with E-state index in [0.29, 0.717) is 24.6 Å². The van der Waals surface area contributed by atoms with E-state index >= 15 is 0 Å². The summed E-state index contributed by atoms with van der Waals surface area (Å²) in [5.41, 5.74) is -0.508. The molecule has 0 aliphatic carbocycles. The number of alkyl halides is 1. The van der Waals surface area contributed by atoms with Crippen molar-refractivity contribution in [3.8, 4) is 0 Å². The van der Waals surface area contributed by atoms with Gasteiger partial charge in [0.25, 0.3) is 5.91 Å². The van der Waals surface area contributed by atoms with Gasteiger partial charge in [0, 0.05) is 23.4 Å². The van der Waals surface area contributed by atoms with Crippen LogP contribution in [0.15, 0.2) is 12.1 Å². The third-order valence-electron chi connectivity index (χ3n) is 3.65. The van der Waals surface area contributed by atoms with Crippen molar-refractivity contribution in [3.05, 3.63) is 35.1 Å². The third kappa shape index (κ3) is 3.66. The second-order valence-corrected chi connectivity index (χ2v) is 5.04. The highest BCUT2D eigenvalue weighted by Gasteiger charge is 2.26. The molecule has 0 bridgehead atoms. The van der Waals surface area contributed by atoms with Crippen LogP contribution in [0.3, 0.4) is 0 Å². The van der Waals surface area contributed by atoms with Crippen LogP contribution < -0.4 is 5.32 Å². The topological polar surface area (TPSA) is 29.1 Å². The molecular weight excluding hydrogens is 291 g/mol. The van der Waals surface area contributed by atoms with Gasteiger partial charge in [0.05, 0.1) is 0 Å². The number of carbonyl (C=O) groups is 1. The zero-order valence-electron chi connectivity index (χ0n) is 11.4. The molecular formula is C14H17ClF3NO. The van der Waals surface area contributed by atoms with Crippen LogP contribution in [0.5, 0.6) is 0 Å². The Hall–Kier alpha value is -1.23. The largest absolute Gasteiger partial charge is 0.351 e. The van der Waals surface area contributed by atoms with Gasteiger partial charge in [0.1, 0.15) is 0 Å². The molecule has 2 nitrogen and oxygen atoms in total. The molecule has 1 aromatic rings. The number of hydrogen-bond acceptors (Lipinski definition) is 1. The molecule has 20 heavy (non-hydrogen) atoms. The molecule has 0 spiro atoms. The first-order valence-corrected chi connectivity index (χ1v) is 6.91. The van der Waals surface area contributed by atoms with Crippen LogP contribution in [0.1, 0.15) is 37.0 Å². The first-order chi connectivity index (χ1) is 9.39. The van der Waals surface area contributed by atoms with Crippen molar-refractivity contribution in [2.24, 2.45) is 5.41 Å². The molecule has 6 heteroatoms. The van der Waals surface area contributed by atoms with Gasteiger partial charge < -0.3 is 5.32 Å². The lowest BCUT2D eigenvalue weighted by Gasteiger charge is -2.29. The summed E-state index contributed by atoms with van der Waals surface area (Å²) in [5.74, 6) is -4.64. The number of benzene rings is 1. The van der Waals surface area contributed by atoms with E-state index in [1.54, 1.807) is 0 Å². The lowest BCUT2D eigenvalue weighted by molar-refractivity contribution is 0.0930. The number of carbonyl (C=O) groups excluding carboxylic acids is 1. The molecule has 112 valence electrons. The standard InChI is InChI=1S/C14H17ClF3NO/c1-3-14(4-2,7-15)8-19-13(20)9-5-10(16)12(18)11(17)6-9/h5-6H,3-4,7-8H2,1-2H3,(H,19,20). The fourth-order valence-electron chi connectivity index (χ4n) is 1.79. The summed E-state index contributed by atoms with van der Waals surface area (Å²) in [6, 6.07) is 1.35. The molecule has 0 aliphatic rings. The van der Waals surface area contributed by atoms with E-state index < -0.39 is 23.4 Å². The average molecular weight is 308 g/mol. The van der Waals surface area contributed by atoms with Gasteiger partial charge in [-0.05, 0) is 25.0 Å². The van der Waals surface area contributed by atoms with Crippen LogP contribution in [-0.4, -0.2) is 18.3 Å². The van der Waals surface area contributed by atoms with Gasteiger partial charge in [0.2, 0.25) is 0 Å². The van der Waals surface area contributed by atoms with Crippen LogP contribution >= 0.6 is 11.6 Å². The zero-order chi connectivity index (χ0) is 15.3. The maximum Gasteiger partial charge on any atom is 0.251 e. The molecule has 0 unspecified atom stereocenters. The normalized spacial score (nSPS) is 11.5. The number of rotatable bonds is 6. The number of halogens is 4. The monoisotopic (exact) mass is 307 g/mol. The molecule has 1 aromatic carbocycles. The highest BCUT2D eigenvalue weighted by atomic mass is 35.5. The Morgan fingerprint density at radius 1 is 1.20 bits per heavy atom. The Morgan fingerprint density at radius 2 is 1.70 bits per heavy atom. The Balaban J connectivity index is 2.82. The molecule has 0 atom stereocenters. The molecule has 0 aliphatic heterocycles. The lowest BCUT2D eigenvalue weighted by atomic mass is 9.84. The fourth-order valence-corrected chi connectivity index (χ4v) is 2.27. The quantitative estimate of drug-likeness (QED) is 0.627. The highest BCUT2D eigenvalue weighted by molar-refractivity contribution is 6.18. The smallest absolute Gasteiger partial charge is 0.251 e. The molecule has 0 aromatic heterocycles. The second-order valence-electron chi connectivity index (χ2n) is 4.78. The first kappa shape index (κ1) is 16.8. The van der Waals surface area contributed by atoms with Crippen molar-refractivity contribution in [1.82, 2.24) is 5.32 Å². The van der Waals surface area contributed by atoms with Gasteiger partial charge in [-0.3, -0.25) is 4.79 Å². The zero-order valence-corrected chi connectivity index (χ0v) is 12.2. The molecule has 0 heterocycles. The number of amides is 1. The van der Waals surface area contributed by atoms with Gasteiger partial charge >= 0.3 is 0 Å². The molecule has 1 rings (SSSR count). The summed E-state index contributed by atoms with van der Waals surface area (Å²) in [6.45, 7) is 4.20. The predicted octanol–water partition coefficient (Wildman–Crippen LogP) is 3.88. The second kappa shape index (κ2) is 6.97. The van der Waals surface area contributed by atoms with Gasteiger partial charge in [-0.1, -0.05) is 13.8 Å². The Labute approximate surface area is 121 Å². The van der Waals surface area contributed by atoms with Crippen molar-refractivity contribution >= 4 is 17.5 Å². The van der Waals surface area contributed by atoms with E-state index in [1.807, 2.05) is 13.8 Å². The van der Waals surface area contributed by atoms with Crippen LogP contribution in [0.4, 0.5) is 13.2 Å². The Bertz CT molecular complexity index is 458. The van der Waals surface area contributed by atoms with Crippen LogP contribution in [-0.2, 0) is 0 Å². The van der Waals surface area contributed by atoms with E-state index in [-0.39, 0.29) is 11.0 Å². The van der Waals surface area contributed by atoms with Gasteiger partial charge in [-0.25, -0.2) is 13.2 Å². The van der Waals surface area contributed by atoms with Crippen LogP contribution in [0.2, 0.25) is 0 Å². The van der Waals surface area contributed by atoms with E-state index in [9.17, 15) is 18.0 Å². The molecule has 0 saturated heterocycles. The SMILES string of the molecule is CCC(CC)(CCl)CNC(=O)c1cc(F)c(F)c(F)c1. The summed E-state index contributed by atoms with van der Waals surface area (Å²) in [5, 5.41) is 2.59. The third-order valence-corrected chi connectivity index (χ3v) is 4.22. The Kier molecular flexibility index (Phi) is 5.87. The summed E-state index contributed by atoms with van der Waals surface area (Å²) in [4.78, 5) is 11.8. The molecule has 1 amide bonds. The summed E-state index contributed by atoms with van der Waals surface area (Å²) < 4.78 is 38.9. The summed E-state index contributed by atoms with van der Waals surface area (Å²) in [6.07, 6.45) is 1.53. The minimum absolute atomic E-state index is 0.253. The van der Waals surface area contributed by atoms with Crippen molar-refractivity contribution < 1.29 is 18.0 Å². The minimum Gasteiger partial charge on any atom is -0.351 e. The maximum absolute atomic E-state index is 13.1. The van der Waals surface area contributed by atoms with Crippen molar-refractivity contribution in [1.29, 1.82) is 0 Å². The van der Waals surface area contributed by atoms with Gasteiger partial charge in [0.15, 0.2) is 17.5 Å². The lowest BCUT2D eigenvalue weighted by Crippen LogP contribution is -2.38. The van der Waals surface area contributed by atoms with E-state index in [1.165, 1.54) is 0 Å². The van der Waals surface area contributed by atoms with Crippen molar-refractivity contribution in [3.63, 3.8) is 0 Å². The number of hydrogen-bond donors (Lipinski definition) is 1. The molecule has 0 radical (unpaired) electrons. The van der Waals surface area contributed by atoms with E-state index in [0.717, 1.165) is 12.8 Å². The maximum atomic E-state index is 13.1. The average Bonchev–Trinajstić information content (AvgIpc) is 2.46. The summed E-state index contributed by atoms with van der Waals surface area (Å²) >= 11 is 5.90. The van der Waals surface area contributed by atoms with Gasteiger partial charge in [-0.2, -0.15) is 0 Å². The van der Waals surface area contributed by atoms with Crippen LogP contribution in [0, 0.1) is 22.9 Å². The molecule has 0 fully saturated rings. The number of nitrogens with one attached hydrogen (secondary N) is 1. The molecule has 0 saturated carbocycles. The molecule has 1 N–H and O–H groups in total. The Morgan fingerprint density at radius 3 is 2.10 bits per heavy atom. The van der Waals surface area contributed by atoms with Crippen molar-refractivity contribution in [2.75, 3.05) is 12.4 Å². The predicted molar refractivity (Wildman–Crippen MR) is 72.4 cm³/mol. The first-order valence-electron chi connectivity index (χ1n) is 6.38.